The Balaban J connectivity index is 1.46. The zero-order chi connectivity index (χ0) is 37.7. The number of anilines is 2. The van der Waals surface area contributed by atoms with Crippen LogP contribution in [0.5, 0.6) is 5.75 Å². The van der Waals surface area contributed by atoms with Gasteiger partial charge in [-0.1, -0.05) is 18.2 Å². The quantitative estimate of drug-likeness (QED) is 0.182. The number of methoxy groups -OCH3 is 1. The minimum atomic E-state index is -2.87. The molecule has 15 nitrogen and oxygen atoms in total. The Labute approximate surface area is 303 Å². The zero-order valence-electron chi connectivity index (χ0n) is 30.3. The number of aryl methyl sites for hydroxylation is 1. The molecule has 1 saturated heterocycles. The van der Waals surface area contributed by atoms with Crippen molar-refractivity contribution in [1.29, 1.82) is 0 Å². The summed E-state index contributed by atoms with van der Waals surface area (Å²) < 4.78 is 11.5. The highest BCUT2D eigenvalue weighted by Gasteiger charge is 2.48. The van der Waals surface area contributed by atoms with Gasteiger partial charge >= 0.3 is 17.9 Å². The standard InChI is InChI=1S/C37H48N6O9/c1-6-51-23-36(15-16-41(22-36)35(3,4)27-10-7-25(2)39-19-27)14-13-30-42(21-26-8-11-28(50-5)12-9-26)29-20-38-24-40-33(29)43(30)52-32(46)18-37(49,34(47)48)17-31(44)45/h7-12,19-20,24,30,49H,6,13-18,21-23H2,1-5H3,(H,44,45)(H,47,48)/t30-,36?,37?/m1/s1. The monoisotopic (exact) mass is 720 g/mol. The predicted octanol–water partition coefficient (Wildman–Crippen LogP) is 3.92. The number of carboxylic acid groups (broad SMARTS) is 2. The molecule has 0 spiro atoms. The number of hydrogen-bond acceptors (Lipinski definition) is 13. The second-order valence-corrected chi connectivity index (χ2v) is 14.2. The first kappa shape index (κ1) is 38.4. The summed E-state index contributed by atoms with van der Waals surface area (Å²) in [6.45, 7) is 11.3. The Morgan fingerprint density at radius 3 is 2.42 bits per heavy atom. The lowest BCUT2D eigenvalue weighted by atomic mass is 9.82. The van der Waals surface area contributed by atoms with E-state index in [-0.39, 0.29) is 16.8 Å². The van der Waals surface area contributed by atoms with Crippen LogP contribution in [0.2, 0.25) is 0 Å². The van der Waals surface area contributed by atoms with Crippen molar-refractivity contribution in [3.63, 3.8) is 0 Å². The van der Waals surface area contributed by atoms with Crippen molar-refractivity contribution in [3.05, 3.63) is 71.9 Å². The average molecular weight is 721 g/mol. The van der Waals surface area contributed by atoms with Gasteiger partial charge in [0.05, 0.1) is 32.8 Å². The van der Waals surface area contributed by atoms with E-state index in [0.29, 0.717) is 44.0 Å². The first-order chi connectivity index (χ1) is 24.7. The molecule has 5 rings (SSSR count). The molecule has 2 aromatic heterocycles. The van der Waals surface area contributed by atoms with Gasteiger partial charge in [-0.05, 0) is 82.8 Å². The second kappa shape index (κ2) is 15.8. The molecule has 4 heterocycles. The summed E-state index contributed by atoms with van der Waals surface area (Å²) >= 11 is 0. The summed E-state index contributed by atoms with van der Waals surface area (Å²) in [4.78, 5) is 60.2. The van der Waals surface area contributed by atoms with E-state index in [2.05, 4.69) is 39.8 Å². The molecular formula is C37H48N6O9. The number of hydrogen-bond donors (Lipinski definition) is 3. The maximum atomic E-state index is 13.4. The molecule has 0 saturated carbocycles. The van der Waals surface area contributed by atoms with Crippen LogP contribution in [0.15, 0.2) is 55.1 Å². The van der Waals surface area contributed by atoms with Gasteiger partial charge in [0.1, 0.15) is 23.9 Å². The SMILES string of the molecule is CCOCC1(CC[C@@H]2N(Cc3ccc(OC)cc3)c3cncnc3N2OC(=O)CC(O)(CC(=O)O)C(=O)O)CCN(C(C)(C)c2ccc(C)nc2)C1. The Morgan fingerprint density at radius 2 is 1.79 bits per heavy atom. The van der Waals surface area contributed by atoms with Crippen molar-refractivity contribution in [2.24, 2.45) is 5.41 Å². The van der Waals surface area contributed by atoms with Gasteiger partial charge in [-0.3, -0.25) is 14.7 Å². The Bertz CT molecular complexity index is 1720. The van der Waals surface area contributed by atoms with Gasteiger partial charge in [0.15, 0.2) is 11.4 Å². The number of carbonyl (C=O) groups is 3. The van der Waals surface area contributed by atoms with Crippen LogP contribution < -0.4 is 14.7 Å². The topological polar surface area (TPSA) is 188 Å². The number of nitrogens with zero attached hydrogens (tertiary/aromatic N) is 6. The number of hydroxylamine groups is 1. The van der Waals surface area contributed by atoms with Gasteiger partial charge in [-0.25, -0.2) is 19.6 Å². The van der Waals surface area contributed by atoms with E-state index in [1.165, 1.54) is 11.4 Å². The normalized spacial score (nSPS) is 20.0. The molecule has 0 bridgehead atoms. The molecule has 1 fully saturated rings. The number of rotatable bonds is 17. The molecule has 3 N–H and O–H groups in total. The summed E-state index contributed by atoms with van der Waals surface area (Å²) in [5.74, 6) is -3.58. The van der Waals surface area contributed by atoms with E-state index < -0.39 is 42.5 Å². The summed E-state index contributed by atoms with van der Waals surface area (Å²) in [7, 11) is 1.59. The molecule has 280 valence electrons. The van der Waals surface area contributed by atoms with Crippen LogP contribution >= 0.6 is 0 Å². The van der Waals surface area contributed by atoms with E-state index in [9.17, 15) is 29.7 Å². The number of carbonyl (C=O) groups excluding carboxylic acids is 1. The summed E-state index contributed by atoms with van der Waals surface area (Å²) in [5.41, 5.74) is 0.140. The third kappa shape index (κ3) is 8.43. The lowest BCUT2D eigenvalue weighted by molar-refractivity contribution is -0.172. The van der Waals surface area contributed by atoms with Gasteiger partial charge in [-0.15, -0.1) is 0 Å². The van der Waals surface area contributed by atoms with Crippen LogP contribution in [0.4, 0.5) is 11.5 Å². The minimum absolute atomic E-state index is 0.266. The molecule has 0 aliphatic carbocycles. The molecule has 3 aromatic rings. The number of aliphatic carboxylic acids is 2. The van der Waals surface area contributed by atoms with Gasteiger partial charge < -0.3 is 34.5 Å². The third-order valence-corrected chi connectivity index (χ3v) is 10.2. The number of aliphatic hydroxyl groups is 1. The summed E-state index contributed by atoms with van der Waals surface area (Å²) in [6.07, 6.45) is 3.94. The van der Waals surface area contributed by atoms with E-state index in [0.717, 1.165) is 36.3 Å². The van der Waals surface area contributed by atoms with Crippen molar-refractivity contribution in [2.75, 3.05) is 43.4 Å². The second-order valence-electron chi connectivity index (χ2n) is 14.2. The van der Waals surface area contributed by atoms with Crippen LogP contribution in [-0.4, -0.2) is 98.3 Å². The van der Waals surface area contributed by atoms with E-state index >= 15 is 0 Å². The molecule has 3 atom stereocenters. The highest BCUT2D eigenvalue weighted by atomic mass is 16.7. The molecule has 2 unspecified atom stereocenters. The average Bonchev–Trinajstić information content (AvgIpc) is 3.66. The molecule has 15 heteroatoms. The fourth-order valence-corrected chi connectivity index (χ4v) is 7.03. The highest BCUT2D eigenvalue weighted by Crippen LogP contribution is 2.45. The first-order valence-electron chi connectivity index (χ1n) is 17.3. The molecule has 2 aliphatic heterocycles. The smallest absolute Gasteiger partial charge is 0.336 e. The lowest BCUT2D eigenvalue weighted by Gasteiger charge is -2.39. The number of ether oxygens (including phenoxy) is 2. The van der Waals surface area contributed by atoms with Crippen molar-refractivity contribution in [2.45, 2.75) is 83.6 Å². The van der Waals surface area contributed by atoms with Crippen molar-refractivity contribution in [1.82, 2.24) is 19.9 Å². The number of pyridine rings is 1. The lowest BCUT2D eigenvalue weighted by Crippen LogP contribution is -2.48. The molecule has 52 heavy (non-hydrogen) atoms. The van der Waals surface area contributed by atoms with Crippen LogP contribution in [0.3, 0.4) is 0 Å². The number of carboxylic acids is 2. The number of aromatic nitrogens is 3. The molecule has 0 radical (unpaired) electrons. The van der Waals surface area contributed by atoms with Crippen molar-refractivity contribution in [3.8, 4) is 5.75 Å². The third-order valence-electron chi connectivity index (χ3n) is 10.2. The number of likely N-dealkylation sites (tertiary alicyclic amines) is 1. The molecule has 0 amide bonds. The van der Waals surface area contributed by atoms with Gasteiger partial charge in [0.25, 0.3) is 0 Å². The molecule has 1 aromatic carbocycles. The highest BCUT2D eigenvalue weighted by molar-refractivity contribution is 5.89. The summed E-state index contributed by atoms with van der Waals surface area (Å²) in [5, 5.41) is 30.8. The maximum absolute atomic E-state index is 13.4. The first-order valence-corrected chi connectivity index (χ1v) is 17.3. The number of benzene rings is 1. The van der Waals surface area contributed by atoms with Crippen LogP contribution in [-0.2, 0) is 36.0 Å². The zero-order valence-corrected chi connectivity index (χ0v) is 30.3. The van der Waals surface area contributed by atoms with Crippen LogP contribution in [0.25, 0.3) is 0 Å². The predicted molar refractivity (Wildman–Crippen MR) is 189 cm³/mol. The van der Waals surface area contributed by atoms with E-state index in [1.807, 2.05) is 55.3 Å². The number of fused-ring (bicyclic) bond motifs is 1. The molecular weight excluding hydrogens is 672 g/mol. The Hall–Kier alpha value is -4.86. The summed E-state index contributed by atoms with van der Waals surface area (Å²) in [6, 6.07) is 11.7. The van der Waals surface area contributed by atoms with E-state index in [4.69, 9.17) is 14.3 Å². The van der Waals surface area contributed by atoms with Gasteiger partial charge in [-0.2, -0.15) is 5.06 Å². The fraction of sp³-hybridized carbons (Fsp3) is 0.514. The Kier molecular flexibility index (Phi) is 11.7. The van der Waals surface area contributed by atoms with Gasteiger partial charge in [0, 0.05) is 42.5 Å². The molecule has 2 aliphatic rings. The van der Waals surface area contributed by atoms with Gasteiger partial charge in [0.2, 0.25) is 0 Å². The fourth-order valence-electron chi connectivity index (χ4n) is 7.03. The van der Waals surface area contributed by atoms with Crippen molar-refractivity contribution < 1.29 is 44.0 Å². The Morgan fingerprint density at radius 1 is 1.04 bits per heavy atom. The maximum Gasteiger partial charge on any atom is 0.336 e. The minimum Gasteiger partial charge on any atom is -0.497 e. The van der Waals surface area contributed by atoms with Crippen LogP contribution in [0.1, 0.15) is 69.7 Å². The van der Waals surface area contributed by atoms with Crippen molar-refractivity contribution >= 4 is 29.4 Å². The largest absolute Gasteiger partial charge is 0.497 e. The van der Waals surface area contributed by atoms with E-state index in [1.54, 1.807) is 13.3 Å². The van der Waals surface area contributed by atoms with Crippen LogP contribution in [0, 0.1) is 12.3 Å².